The van der Waals surface area contributed by atoms with Gasteiger partial charge in [-0.2, -0.15) is 4.98 Å². The number of benzene rings is 1. The Kier molecular flexibility index (Phi) is 4.21. The standard InChI is InChI=1S/C14H16N4O2S/c1-21-10-6-4-9(5-7-10)16-13(19)12-17-14(20-18-12)11-3-2-8-15-11/h4-7,11,15H,2-3,8H2,1H3,(H,16,19). The number of thioether (sulfide) groups is 1. The number of carbonyl (C=O) groups is 1. The highest BCUT2D eigenvalue weighted by molar-refractivity contribution is 7.98. The maximum Gasteiger partial charge on any atom is 0.297 e. The molecule has 0 bridgehead atoms. The number of carbonyl (C=O) groups excluding carboxylic acids is 1. The van der Waals surface area contributed by atoms with Crippen LogP contribution in [-0.2, 0) is 0 Å². The van der Waals surface area contributed by atoms with Crippen LogP contribution in [0.4, 0.5) is 5.69 Å². The van der Waals surface area contributed by atoms with Crippen LogP contribution < -0.4 is 10.6 Å². The highest BCUT2D eigenvalue weighted by atomic mass is 32.2. The number of hydrogen-bond donors (Lipinski definition) is 2. The van der Waals surface area contributed by atoms with Gasteiger partial charge in [-0.3, -0.25) is 4.79 Å². The zero-order valence-electron chi connectivity index (χ0n) is 11.6. The Morgan fingerprint density at radius 3 is 2.90 bits per heavy atom. The summed E-state index contributed by atoms with van der Waals surface area (Å²) in [6.07, 6.45) is 4.04. The van der Waals surface area contributed by atoms with Crippen molar-refractivity contribution in [1.82, 2.24) is 15.5 Å². The van der Waals surface area contributed by atoms with E-state index in [1.807, 2.05) is 30.5 Å². The van der Waals surface area contributed by atoms with Gasteiger partial charge in [-0.05, 0) is 49.9 Å². The van der Waals surface area contributed by atoms with Crippen molar-refractivity contribution >= 4 is 23.4 Å². The molecule has 1 aliphatic rings. The van der Waals surface area contributed by atoms with E-state index in [0.717, 1.165) is 24.3 Å². The van der Waals surface area contributed by atoms with Crippen LogP contribution in [0.25, 0.3) is 0 Å². The number of aromatic nitrogens is 2. The molecule has 0 aliphatic carbocycles. The molecule has 1 aromatic heterocycles. The van der Waals surface area contributed by atoms with Crippen molar-refractivity contribution in [2.75, 3.05) is 18.1 Å². The normalized spacial score (nSPS) is 17.9. The SMILES string of the molecule is CSc1ccc(NC(=O)c2noc(C3CCCN3)n2)cc1. The van der Waals surface area contributed by atoms with E-state index in [2.05, 4.69) is 20.8 Å². The summed E-state index contributed by atoms with van der Waals surface area (Å²) in [6.45, 7) is 0.941. The van der Waals surface area contributed by atoms with Gasteiger partial charge < -0.3 is 15.2 Å². The molecule has 1 atom stereocenters. The molecule has 3 rings (SSSR count). The molecule has 1 aromatic carbocycles. The number of rotatable bonds is 4. The first-order valence-corrected chi connectivity index (χ1v) is 8.01. The quantitative estimate of drug-likeness (QED) is 0.845. The van der Waals surface area contributed by atoms with Crippen LogP contribution in [0.1, 0.15) is 35.4 Å². The third-order valence-electron chi connectivity index (χ3n) is 3.35. The summed E-state index contributed by atoms with van der Waals surface area (Å²) in [7, 11) is 0. The molecule has 2 N–H and O–H groups in total. The van der Waals surface area contributed by atoms with Gasteiger partial charge in [0.1, 0.15) is 0 Å². The summed E-state index contributed by atoms with van der Waals surface area (Å²) in [4.78, 5) is 17.4. The van der Waals surface area contributed by atoms with Crippen molar-refractivity contribution in [3.05, 3.63) is 36.0 Å². The number of nitrogens with one attached hydrogen (secondary N) is 2. The van der Waals surface area contributed by atoms with E-state index in [1.165, 1.54) is 0 Å². The molecule has 1 saturated heterocycles. The van der Waals surface area contributed by atoms with Crippen LogP contribution in [0.3, 0.4) is 0 Å². The van der Waals surface area contributed by atoms with Gasteiger partial charge in [0.05, 0.1) is 6.04 Å². The molecule has 0 spiro atoms. The van der Waals surface area contributed by atoms with Gasteiger partial charge in [-0.25, -0.2) is 0 Å². The number of nitrogens with zero attached hydrogens (tertiary/aromatic N) is 2. The highest BCUT2D eigenvalue weighted by Gasteiger charge is 2.24. The third-order valence-corrected chi connectivity index (χ3v) is 4.09. The monoisotopic (exact) mass is 304 g/mol. The largest absolute Gasteiger partial charge is 0.337 e. The average molecular weight is 304 g/mol. The molecule has 21 heavy (non-hydrogen) atoms. The summed E-state index contributed by atoms with van der Waals surface area (Å²) in [5.41, 5.74) is 0.711. The predicted molar refractivity (Wildman–Crippen MR) is 80.5 cm³/mol. The fraction of sp³-hybridized carbons (Fsp3) is 0.357. The molecule has 0 radical (unpaired) electrons. The fourth-order valence-corrected chi connectivity index (χ4v) is 2.63. The van der Waals surface area contributed by atoms with Crippen LogP contribution in [-0.4, -0.2) is 28.8 Å². The van der Waals surface area contributed by atoms with Gasteiger partial charge in [0.15, 0.2) is 0 Å². The summed E-state index contributed by atoms with van der Waals surface area (Å²) < 4.78 is 5.16. The Bertz CT molecular complexity index is 620. The Balaban J connectivity index is 1.67. The third kappa shape index (κ3) is 3.25. The zero-order valence-corrected chi connectivity index (χ0v) is 12.4. The Hall–Kier alpha value is -1.86. The second-order valence-electron chi connectivity index (χ2n) is 4.79. The lowest BCUT2D eigenvalue weighted by Crippen LogP contribution is -2.15. The van der Waals surface area contributed by atoms with Crippen LogP contribution in [0.2, 0.25) is 0 Å². The predicted octanol–water partition coefficient (Wildman–Crippen LogP) is 2.47. The van der Waals surface area contributed by atoms with E-state index in [4.69, 9.17) is 4.52 Å². The Labute approximate surface area is 126 Å². The van der Waals surface area contributed by atoms with Gasteiger partial charge in [0.25, 0.3) is 11.7 Å². The molecule has 2 aromatic rings. The molecule has 2 heterocycles. The summed E-state index contributed by atoms with van der Waals surface area (Å²) in [6, 6.07) is 7.67. The van der Waals surface area contributed by atoms with E-state index in [-0.39, 0.29) is 17.8 Å². The molecule has 1 unspecified atom stereocenters. The van der Waals surface area contributed by atoms with E-state index in [0.29, 0.717) is 11.6 Å². The second kappa shape index (κ2) is 6.28. The lowest BCUT2D eigenvalue weighted by Gasteiger charge is -2.03. The molecule has 110 valence electrons. The topological polar surface area (TPSA) is 80.0 Å². The van der Waals surface area contributed by atoms with Gasteiger partial charge in [0, 0.05) is 10.6 Å². The van der Waals surface area contributed by atoms with Gasteiger partial charge >= 0.3 is 0 Å². The van der Waals surface area contributed by atoms with Gasteiger partial charge in [-0.15, -0.1) is 11.8 Å². The lowest BCUT2D eigenvalue weighted by molar-refractivity contribution is 0.101. The molecule has 6 nitrogen and oxygen atoms in total. The minimum absolute atomic E-state index is 0.0626. The molecule has 1 amide bonds. The Morgan fingerprint density at radius 1 is 1.43 bits per heavy atom. The minimum Gasteiger partial charge on any atom is -0.337 e. The van der Waals surface area contributed by atoms with Gasteiger partial charge in [-0.1, -0.05) is 5.16 Å². The highest BCUT2D eigenvalue weighted by Crippen LogP contribution is 2.21. The smallest absolute Gasteiger partial charge is 0.297 e. The second-order valence-corrected chi connectivity index (χ2v) is 5.67. The molecular formula is C14H16N4O2S. The van der Waals surface area contributed by atoms with Crippen molar-refractivity contribution in [2.24, 2.45) is 0 Å². The van der Waals surface area contributed by atoms with Crippen LogP contribution in [0.15, 0.2) is 33.7 Å². The lowest BCUT2D eigenvalue weighted by atomic mass is 10.2. The van der Waals surface area contributed by atoms with E-state index in [1.54, 1.807) is 11.8 Å². The minimum atomic E-state index is -0.361. The summed E-state index contributed by atoms with van der Waals surface area (Å²) in [5.74, 6) is 0.183. The first-order valence-electron chi connectivity index (χ1n) is 6.78. The molecule has 1 fully saturated rings. The van der Waals surface area contributed by atoms with Crippen molar-refractivity contribution in [2.45, 2.75) is 23.8 Å². The first-order chi connectivity index (χ1) is 10.3. The average Bonchev–Trinajstić information content (AvgIpc) is 3.19. The van der Waals surface area contributed by atoms with Gasteiger partial charge in [0.2, 0.25) is 5.89 Å². The van der Waals surface area contributed by atoms with Crippen molar-refractivity contribution in [1.29, 1.82) is 0 Å². The van der Waals surface area contributed by atoms with Crippen LogP contribution in [0.5, 0.6) is 0 Å². The Morgan fingerprint density at radius 2 is 2.24 bits per heavy atom. The zero-order chi connectivity index (χ0) is 14.7. The summed E-state index contributed by atoms with van der Waals surface area (Å²) >= 11 is 1.65. The number of amides is 1. The summed E-state index contributed by atoms with van der Waals surface area (Å²) in [5, 5.41) is 9.77. The van der Waals surface area contributed by atoms with E-state index >= 15 is 0 Å². The maximum absolute atomic E-state index is 12.1. The fourth-order valence-electron chi connectivity index (χ4n) is 2.23. The van der Waals surface area contributed by atoms with Crippen molar-refractivity contribution < 1.29 is 9.32 Å². The molecule has 1 aliphatic heterocycles. The maximum atomic E-state index is 12.1. The first kappa shape index (κ1) is 14.1. The number of hydrogen-bond acceptors (Lipinski definition) is 6. The van der Waals surface area contributed by atoms with Crippen LogP contribution in [0, 0.1) is 0 Å². The molecule has 7 heteroatoms. The number of anilines is 1. The molecule has 0 saturated carbocycles. The van der Waals surface area contributed by atoms with Crippen molar-refractivity contribution in [3.8, 4) is 0 Å². The van der Waals surface area contributed by atoms with Crippen LogP contribution >= 0.6 is 11.8 Å². The van der Waals surface area contributed by atoms with Crippen molar-refractivity contribution in [3.63, 3.8) is 0 Å². The molecular weight excluding hydrogens is 288 g/mol. The van der Waals surface area contributed by atoms with E-state index < -0.39 is 0 Å². The van der Waals surface area contributed by atoms with E-state index in [9.17, 15) is 4.79 Å².